The van der Waals surface area contributed by atoms with Gasteiger partial charge in [0.05, 0.1) is 41.6 Å². The fourth-order valence-corrected chi connectivity index (χ4v) is 4.26. The zero-order chi connectivity index (χ0) is 22.0. The SMILES string of the molecule is CC(C)c1nc(CN(C)C(=O)c2cnc3c(c2)N(Cc2ccccc2)C(=O)CN3)cs1. The standard InChI is InChI=1S/C23H25N5O2S/c1-15(2)22-26-18(14-31-22)13-27(3)23(30)17-9-19-21(24-10-17)25-11-20(29)28(19)12-16-7-5-4-6-8-16/h4-10,14-15H,11-13H2,1-3H3,(H,24,25). The van der Waals surface area contributed by atoms with E-state index in [4.69, 9.17) is 0 Å². The minimum atomic E-state index is -0.160. The zero-order valence-electron chi connectivity index (χ0n) is 17.8. The van der Waals surface area contributed by atoms with Crippen molar-refractivity contribution in [2.75, 3.05) is 23.8 Å². The normalized spacial score (nSPS) is 13.2. The van der Waals surface area contributed by atoms with Crippen LogP contribution in [0.1, 0.15) is 46.4 Å². The van der Waals surface area contributed by atoms with Crippen molar-refractivity contribution in [1.82, 2.24) is 14.9 Å². The van der Waals surface area contributed by atoms with E-state index in [0.717, 1.165) is 16.3 Å². The van der Waals surface area contributed by atoms with Gasteiger partial charge < -0.3 is 15.1 Å². The molecule has 2 amide bonds. The van der Waals surface area contributed by atoms with E-state index in [-0.39, 0.29) is 18.4 Å². The molecular weight excluding hydrogens is 410 g/mol. The Balaban J connectivity index is 1.55. The first-order chi connectivity index (χ1) is 14.9. The molecule has 0 radical (unpaired) electrons. The summed E-state index contributed by atoms with van der Waals surface area (Å²) >= 11 is 1.61. The van der Waals surface area contributed by atoms with Crippen LogP contribution in [0.4, 0.5) is 11.5 Å². The second-order valence-electron chi connectivity index (χ2n) is 7.90. The van der Waals surface area contributed by atoms with Gasteiger partial charge in [0.1, 0.15) is 0 Å². The molecule has 3 heterocycles. The number of rotatable bonds is 6. The number of benzene rings is 1. The van der Waals surface area contributed by atoms with Crippen LogP contribution in [-0.2, 0) is 17.9 Å². The van der Waals surface area contributed by atoms with Crippen LogP contribution >= 0.6 is 11.3 Å². The van der Waals surface area contributed by atoms with Gasteiger partial charge in [0.2, 0.25) is 5.91 Å². The van der Waals surface area contributed by atoms with E-state index >= 15 is 0 Å². The van der Waals surface area contributed by atoms with Crippen LogP contribution in [0.15, 0.2) is 48.0 Å². The third kappa shape index (κ3) is 4.59. The third-order valence-electron chi connectivity index (χ3n) is 5.11. The summed E-state index contributed by atoms with van der Waals surface area (Å²) < 4.78 is 0. The van der Waals surface area contributed by atoms with Crippen LogP contribution < -0.4 is 10.2 Å². The van der Waals surface area contributed by atoms with E-state index in [2.05, 4.69) is 29.1 Å². The molecule has 0 spiro atoms. The average Bonchev–Trinajstić information content (AvgIpc) is 3.24. The van der Waals surface area contributed by atoms with Crippen LogP contribution in [0, 0.1) is 0 Å². The number of aromatic nitrogens is 2. The lowest BCUT2D eigenvalue weighted by Gasteiger charge is -2.30. The number of pyridine rings is 1. The molecule has 0 atom stereocenters. The highest BCUT2D eigenvalue weighted by Gasteiger charge is 2.27. The summed E-state index contributed by atoms with van der Waals surface area (Å²) in [5.74, 6) is 0.757. The van der Waals surface area contributed by atoms with Crippen molar-refractivity contribution < 1.29 is 9.59 Å². The lowest BCUT2D eigenvalue weighted by molar-refractivity contribution is -0.117. The quantitative estimate of drug-likeness (QED) is 0.636. The van der Waals surface area contributed by atoms with Gasteiger partial charge in [-0.3, -0.25) is 9.59 Å². The predicted molar refractivity (Wildman–Crippen MR) is 122 cm³/mol. The lowest BCUT2D eigenvalue weighted by Crippen LogP contribution is -2.40. The highest BCUT2D eigenvalue weighted by atomic mass is 32.1. The molecule has 0 unspecified atom stereocenters. The number of carbonyl (C=O) groups is 2. The summed E-state index contributed by atoms with van der Waals surface area (Å²) in [6, 6.07) is 11.5. The summed E-state index contributed by atoms with van der Waals surface area (Å²) in [6.45, 7) is 5.24. The van der Waals surface area contributed by atoms with Gasteiger partial charge in [0.15, 0.2) is 5.82 Å². The molecule has 160 valence electrons. The number of nitrogens with zero attached hydrogens (tertiary/aromatic N) is 4. The van der Waals surface area contributed by atoms with Gasteiger partial charge >= 0.3 is 0 Å². The lowest BCUT2D eigenvalue weighted by atomic mass is 10.1. The number of thiazole rings is 1. The fourth-order valence-electron chi connectivity index (χ4n) is 3.44. The molecule has 7 nitrogen and oxygen atoms in total. The maximum Gasteiger partial charge on any atom is 0.255 e. The molecule has 0 bridgehead atoms. The molecule has 2 aromatic heterocycles. The molecular formula is C23H25N5O2S. The predicted octanol–water partition coefficient (Wildman–Crippen LogP) is 3.89. The summed E-state index contributed by atoms with van der Waals surface area (Å²) in [5.41, 5.74) is 2.95. The number of anilines is 2. The Kier molecular flexibility index (Phi) is 5.99. The molecule has 0 aliphatic carbocycles. The molecule has 4 rings (SSSR count). The molecule has 1 aliphatic heterocycles. The Bertz CT molecular complexity index is 1100. The van der Waals surface area contributed by atoms with Crippen molar-refractivity contribution in [3.63, 3.8) is 0 Å². The summed E-state index contributed by atoms with van der Waals surface area (Å²) in [4.78, 5) is 38.0. The number of amides is 2. The van der Waals surface area contributed by atoms with Crippen molar-refractivity contribution in [3.8, 4) is 0 Å². The van der Waals surface area contributed by atoms with Crippen LogP contribution in [0.2, 0.25) is 0 Å². The molecule has 0 saturated carbocycles. The van der Waals surface area contributed by atoms with E-state index in [9.17, 15) is 9.59 Å². The van der Waals surface area contributed by atoms with Crippen molar-refractivity contribution in [3.05, 3.63) is 69.8 Å². The largest absolute Gasteiger partial charge is 0.359 e. The van der Waals surface area contributed by atoms with Gasteiger partial charge in [-0.2, -0.15) is 0 Å². The topological polar surface area (TPSA) is 78.4 Å². The molecule has 0 saturated heterocycles. The second kappa shape index (κ2) is 8.85. The fraction of sp³-hybridized carbons (Fsp3) is 0.304. The first kappa shape index (κ1) is 21.0. The summed E-state index contributed by atoms with van der Waals surface area (Å²) in [6.07, 6.45) is 1.56. The van der Waals surface area contributed by atoms with E-state index < -0.39 is 0 Å². The second-order valence-corrected chi connectivity index (χ2v) is 8.79. The number of nitrogens with one attached hydrogen (secondary N) is 1. The van der Waals surface area contributed by atoms with Gasteiger partial charge in [-0.25, -0.2) is 9.97 Å². The summed E-state index contributed by atoms with van der Waals surface area (Å²) in [7, 11) is 1.75. The van der Waals surface area contributed by atoms with E-state index in [1.165, 1.54) is 0 Å². The Hall–Kier alpha value is -3.26. The Morgan fingerprint density at radius 1 is 1.29 bits per heavy atom. The van der Waals surface area contributed by atoms with E-state index in [1.54, 1.807) is 40.4 Å². The first-order valence-electron chi connectivity index (χ1n) is 10.2. The van der Waals surface area contributed by atoms with Gasteiger partial charge in [-0.1, -0.05) is 44.2 Å². The molecule has 1 N–H and O–H groups in total. The van der Waals surface area contributed by atoms with Gasteiger partial charge in [0, 0.05) is 24.5 Å². The third-order valence-corrected chi connectivity index (χ3v) is 6.30. The minimum absolute atomic E-state index is 0.0557. The van der Waals surface area contributed by atoms with Gasteiger partial charge in [0.25, 0.3) is 5.91 Å². The van der Waals surface area contributed by atoms with Crippen LogP contribution in [0.5, 0.6) is 0 Å². The monoisotopic (exact) mass is 435 g/mol. The Morgan fingerprint density at radius 3 is 2.77 bits per heavy atom. The molecule has 1 aliphatic rings. The average molecular weight is 436 g/mol. The highest BCUT2D eigenvalue weighted by Crippen LogP contribution is 2.30. The minimum Gasteiger partial charge on any atom is -0.359 e. The molecule has 8 heteroatoms. The van der Waals surface area contributed by atoms with E-state index in [0.29, 0.717) is 36.1 Å². The number of carbonyl (C=O) groups excluding carboxylic acids is 2. The van der Waals surface area contributed by atoms with Crippen LogP contribution in [0.25, 0.3) is 0 Å². The van der Waals surface area contributed by atoms with Crippen molar-refractivity contribution in [1.29, 1.82) is 0 Å². The number of hydrogen-bond donors (Lipinski definition) is 1. The maximum atomic E-state index is 13.1. The maximum absolute atomic E-state index is 13.1. The number of hydrogen-bond acceptors (Lipinski definition) is 6. The molecule has 3 aromatic rings. The van der Waals surface area contributed by atoms with E-state index in [1.807, 2.05) is 35.7 Å². The Labute approximate surface area is 185 Å². The van der Waals surface area contributed by atoms with Gasteiger partial charge in [-0.05, 0) is 11.6 Å². The number of fused-ring (bicyclic) bond motifs is 1. The first-order valence-corrected chi connectivity index (χ1v) is 11.1. The van der Waals surface area contributed by atoms with Crippen molar-refractivity contribution in [2.24, 2.45) is 0 Å². The van der Waals surface area contributed by atoms with Crippen LogP contribution in [-0.4, -0.2) is 40.3 Å². The smallest absolute Gasteiger partial charge is 0.255 e. The molecule has 0 fully saturated rings. The van der Waals surface area contributed by atoms with Crippen LogP contribution in [0.3, 0.4) is 0 Å². The summed E-state index contributed by atoms with van der Waals surface area (Å²) in [5, 5.41) is 6.10. The molecule has 31 heavy (non-hydrogen) atoms. The van der Waals surface area contributed by atoms with Crippen molar-refractivity contribution >= 4 is 34.7 Å². The highest BCUT2D eigenvalue weighted by molar-refractivity contribution is 7.09. The van der Waals surface area contributed by atoms with Gasteiger partial charge in [-0.15, -0.1) is 11.3 Å². The zero-order valence-corrected chi connectivity index (χ0v) is 18.6. The van der Waals surface area contributed by atoms with Crippen molar-refractivity contribution in [2.45, 2.75) is 32.9 Å². The Morgan fingerprint density at radius 2 is 2.06 bits per heavy atom. The molecule has 1 aromatic carbocycles.